The minimum absolute atomic E-state index is 0.0134. The van der Waals surface area contributed by atoms with Gasteiger partial charge in [0, 0.05) is 30.0 Å². The summed E-state index contributed by atoms with van der Waals surface area (Å²) in [6.07, 6.45) is 8.11. The molecular formula is C22H31NO3. The fourth-order valence-electron chi connectivity index (χ4n) is 4.49. The van der Waals surface area contributed by atoms with Crippen molar-refractivity contribution in [1.29, 1.82) is 0 Å². The zero-order valence-electron chi connectivity index (χ0n) is 16.4. The molecule has 4 heteroatoms. The molecule has 1 amide bonds. The maximum Gasteiger partial charge on any atom is 0.246 e. The average Bonchev–Trinajstić information content (AvgIpc) is 2.60. The molecule has 2 aliphatic rings. The van der Waals surface area contributed by atoms with Gasteiger partial charge in [-0.3, -0.25) is 4.79 Å². The number of aromatic hydroxyl groups is 1. The second-order valence-corrected chi connectivity index (χ2v) is 8.13. The molecule has 2 N–H and O–H groups in total. The minimum Gasteiger partial charge on any atom is -0.507 e. The van der Waals surface area contributed by atoms with Crippen LogP contribution in [0.25, 0.3) is 0 Å². The number of phenols is 1. The van der Waals surface area contributed by atoms with Crippen molar-refractivity contribution >= 4 is 5.91 Å². The van der Waals surface area contributed by atoms with Gasteiger partial charge in [0.05, 0.1) is 0 Å². The third-order valence-electron chi connectivity index (χ3n) is 5.91. The van der Waals surface area contributed by atoms with Crippen molar-refractivity contribution in [2.45, 2.75) is 70.8 Å². The van der Waals surface area contributed by atoms with E-state index in [0.29, 0.717) is 5.75 Å². The van der Waals surface area contributed by atoms with E-state index in [2.05, 4.69) is 32.2 Å². The van der Waals surface area contributed by atoms with E-state index in [1.54, 1.807) is 7.05 Å². The van der Waals surface area contributed by atoms with Crippen LogP contribution in [0.2, 0.25) is 0 Å². The highest BCUT2D eigenvalue weighted by Crippen LogP contribution is 2.53. The molecule has 1 aliphatic heterocycles. The molecule has 26 heavy (non-hydrogen) atoms. The lowest BCUT2D eigenvalue weighted by Gasteiger charge is -2.46. The Labute approximate surface area is 156 Å². The van der Waals surface area contributed by atoms with Crippen LogP contribution < -0.4 is 10.1 Å². The van der Waals surface area contributed by atoms with Gasteiger partial charge in [-0.1, -0.05) is 25.8 Å². The van der Waals surface area contributed by atoms with Crippen molar-refractivity contribution < 1.29 is 14.6 Å². The molecule has 1 aromatic carbocycles. The molecule has 1 aliphatic carbocycles. The maximum absolute atomic E-state index is 12.1. The number of nitrogens with one attached hydrogen (secondary N) is 1. The third kappa shape index (κ3) is 3.46. The molecule has 0 spiro atoms. The van der Waals surface area contributed by atoms with Crippen molar-refractivity contribution in [3.05, 3.63) is 34.9 Å². The van der Waals surface area contributed by atoms with Gasteiger partial charge in [0.15, 0.2) is 0 Å². The van der Waals surface area contributed by atoms with Crippen molar-refractivity contribution in [2.75, 3.05) is 7.05 Å². The number of hydrogen-bond acceptors (Lipinski definition) is 3. The van der Waals surface area contributed by atoms with Crippen LogP contribution in [0.3, 0.4) is 0 Å². The quantitative estimate of drug-likeness (QED) is 0.765. The van der Waals surface area contributed by atoms with Crippen LogP contribution >= 0.6 is 0 Å². The van der Waals surface area contributed by atoms with Crippen molar-refractivity contribution in [2.24, 2.45) is 5.92 Å². The number of unbranched alkanes of at least 4 members (excludes halogenated alkanes) is 2. The Morgan fingerprint density at radius 1 is 1.35 bits per heavy atom. The fourth-order valence-corrected chi connectivity index (χ4v) is 4.49. The first-order valence-corrected chi connectivity index (χ1v) is 9.85. The van der Waals surface area contributed by atoms with Gasteiger partial charge in [0.25, 0.3) is 0 Å². The molecule has 0 fully saturated rings. The summed E-state index contributed by atoms with van der Waals surface area (Å²) in [4.78, 5) is 12.1. The summed E-state index contributed by atoms with van der Waals surface area (Å²) in [5, 5.41) is 13.5. The number of carbonyl (C=O) groups excluding carboxylic acids is 1. The molecule has 0 radical (unpaired) electrons. The van der Waals surface area contributed by atoms with E-state index in [1.165, 1.54) is 12.8 Å². The number of rotatable bonds is 5. The van der Waals surface area contributed by atoms with E-state index in [4.69, 9.17) is 4.74 Å². The zero-order chi connectivity index (χ0) is 18.9. The van der Waals surface area contributed by atoms with Crippen LogP contribution in [0.15, 0.2) is 23.8 Å². The average molecular weight is 357 g/mol. The molecule has 2 unspecified atom stereocenters. The standard InChI is InChI=1S/C22H31NO3/c1-5-6-7-8-14-11-18(24)20-16-13-15(21(25)23-4)9-10-17(16)22(2,3)26-19(20)12-14/h11-13,16-17,24H,5-10H2,1-4H3,(H,23,25). The predicted molar refractivity (Wildman–Crippen MR) is 104 cm³/mol. The molecule has 0 saturated carbocycles. The molecule has 3 rings (SSSR count). The highest BCUT2D eigenvalue weighted by atomic mass is 16.5. The summed E-state index contributed by atoms with van der Waals surface area (Å²) in [5.74, 6) is 1.32. The van der Waals surface area contributed by atoms with Gasteiger partial charge in [-0.25, -0.2) is 0 Å². The minimum atomic E-state index is -0.323. The van der Waals surface area contributed by atoms with Crippen LogP contribution in [0.5, 0.6) is 11.5 Å². The van der Waals surface area contributed by atoms with Crippen LogP contribution in [-0.4, -0.2) is 23.7 Å². The lowest BCUT2D eigenvalue weighted by atomic mass is 9.67. The van der Waals surface area contributed by atoms with Gasteiger partial charge in [-0.2, -0.15) is 0 Å². The van der Waals surface area contributed by atoms with Crippen molar-refractivity contribution in [1.82, 2.24) is 5.32 Å². The predicted octanol–water partition coefficient (Wildman–Crippen LogP) is 4.46. The van der Waals surface area contributed by atoms with Crippen molar-refractivity contribution in [3.63, 3.8) is 0 Å². The van der Waals surface area contributed by atoms with E-state index in [-0.39, 0.29) is 23.3 Å². The second kappa shape index (κ2) is 7.34. The van der Waals surface area contributed by atoms with Gasteiger partial charge >= 0.3 is 0 Å². The van der Waals surface area contributed by atoms with E-state index >= 15 is 0 Å². The summed E-state index contributed by atoms with van der Waals surface area (Å²) in [6.45, 7) is 6.43. The van der Waals surface area contributed by atoms with Crippen LogP contribution in [0.4, 0.5) is 0 Å². The zero-order valence-corrected chi connectivity index (χ0v) is 16.4. The van der Waals surface area contributed by atoms with Gasteiger partial charge in [0.2, 0.25) is 5.91 Å². The van der Waals surface area contributed by atoms with Gasteiger partial charge in [-0.05, 0) is 57.2 Å². The number of phenolic OH excluding ortho intramolecular Hbond substituents is 1. The van der Waals surface area contributed by atoms with Crippen LogP contribution in [0, 0.1) is 5.92 Å². The number of allylic oxidation sites excluding steroid dienone is 1. The molecule has 0 saturated heterocycles. The molecule has 0 aromatic heterocycles. The molecule has 1 aromatic rings. The number of fused-ring (bicyclic) bond motifs is 3. The summed E-state index contributed by atoms with van der Waals surface area (Å²) in [5.41, 5.74) is 2.45. The maximum atomic E-state index is 12.1. The Morgan fingerprint density at radius 3 is 2.81 bits per heavy atom. The van der Waals surface area contributed by atoms with Crippen LogP contribution in [-0.2, 0) is 11.2 Å². The number of carbonyl (C=O) groups is 1. The molecule has 4 nitrogen and oxygen atoms in total. The SMILES string of the molecule is CCCCCc1cc(O)c2c(c1)OC(C)(C)C1CCC(C(=O)NC)=CC21. The van der Waals surface area contributed by atoms with E-state index in [1.807, 2.05) is 12.1 Å². The summed E-state index contributed by atoms with van der Waals surface area (Å²) < 4.78 is 6.35. The number of amides is 1. The summed E-state index contributed by atoms with van der Waals surface area (Å²) >= 11 is 0. The first-order chi connectivity index (χ1) is 12.4. The Kier molecular flexibility index (Phi) is 5.31. The van der Waals surface area contributed by atoms with E-state index in [0.717, 1.165) is 48.1 Å². The Morgan fingerprint density at radius 2 is 2.12 bits per heavy atom. The normalized spacial score (nSPS) is 23.3. The molecule has 142 valence electrons. The third-order valence-corrected chi connectivity index (χ3v) is 5.91. The fraction of sp³-hybridized carbons (Fsp3) is 0.591. The number of likely N-dealkylation sites (N-methyl/N-ethyl adjacent to an activating group) is 1. The Bertz CT molecular complexity index is 720. The highest BCUT2D eigenvalue weighted by molar-refractivity contribution is 5.93. The second-order valence-electron chi connectivity index (χ2n) is 8.13. The highest BCUT2D eigenvalue weighted by Gasteiger charge is 2.46. The number of benzene rings is 1. The van der Waals surface area contributed by atoms with Crippen molar-refractivity contribution in [3.8, 4) is 11.5 Å². The van der Waals surface area contributed by atoms with Gasteiger partial charge in [0.1, 0.15) is 17.1 Å². The van der Waals surface area contributed by atoms with E-state index in [9.17, 15) is 9.90 Å². The van der Waals surface area contributed by atoms with E-state index < -0.39 is 0 Å². The Balaban J connectivity index is 2.01. The topological polar surface area (TPSA) is 58.6 Å². The lowest BCUT2D eigenvalue weighted by molar-refractivity contribution is -0.117. The summed E-state index contributed by atoms with van der Waals surface area (Å²) in [6, 6.07) is 3.97. The molecule has 0 bridgehead atoms. The number of hydrogen-bond donors (Lipinski definition) is 2. The lowest BCUT2D eigenvalue weighted by Crippen LogP contribution is -2.45. The first kappa shape index (κ1) is 18.8. The number of aryl methyl sites for hydroxylation is 1. The smallest absolute Gasteiger partial charge is 0.246 e. The number of ether oxygens (including phenoxy) is 1. The Hall–Kier alpha value is -1.97. The monoisotopic (exact) mass is 357 g/mol. The molecule has 1 heterocycles. The summed E-state index contributed by atoms with van der Waals surface area (Å²) in [7, 11) is 1.66. The largest absolute Gasteiger partial charge is 0.507 e. The first-order valence-electron chi connectivity index (χ1n) is 9.85. The molecule has 2 atom stereocenters. The van der Waals surface area contributed by atoms with Gasteiger partial charge < -0.3 is 15.2 Å². The van der Waals surface area contributed by atoms with Gasteiger partial charge in [-0.15, -0.1) is 0 Å². The molecular weight excluding hydrogens is 326 g/mol. The van der Waals surface area contributed by atoms with Crippen LogP contribution in [0.1, 0.15) is 69.9 Å².